The summed E-state index contributed by atoms with van der Waals surface area (Å²) < 4.78 is 28.2. The van der Waals surface area contributed by atoms with Gasteiger partial charge in [-0.15, -0.1) is 0 Å². The van der Waals surface area contributed by atoms with Gasteiger partial charge in [0.1, 0.15) is 0 Å². The number of nitrogens with zero attached hydrogens (tertiary/aromatic N) is 3. The number of rotatable bonds is 8. The predicted octanol–water partition coefficient (Wildman–Crippen LogP) is 3.42. The minimum Gasteiger partial charge on any atom is -0.325 e. The summed E-state index contributed by atoms with van der Waals surface area (Å²) in [7, 11) is -3.69. The quantitative estimate of drug-likeness (QED) is 0.536. The van der Waals surface area contributed by atoms with Crippen LogP contribution in [0.1, 0.15) is 25.8 Å². The average molecular weight is 477 g/mol. The van der Waals surface area contributed by atoms with Crippen LogP contribution < -0.4 is 10.9 Å². The first kappa shape index (κ1) is 23.9. The fourth-order valence-corrected chi connectivity index (χ4v) is 5.05. The molecule has 0 spiro atoms. The fraction of sp³-hybridized carbons (Fsp3) is 0.318. The van der Waals surface area contributed by atoms with E-state index < -0.39 is 15.9 Å². The van der Waals surface area contributed by atoms with Gasteiger partial charge < -0.3 is 5.32 Å². The molecule has 3 rings (SSSR count). The van der Waals surface area contributed by atoms with Crippen molar-refractivity contribution in [3.05, 3.63) is 63.7 Å². The molecule has 1 amide bonds. The molecule has 0 bridgehead atoms. The SMILES string of the molecule is CCN(CC)S(=O)(=O)c1ccc(Cl)c(NC(=O)CCn2cnc3c(C)cccc3c2=O)c1. The molecule has 0 atom stereocenters. The zero-order valence-corrected chi connectivity index (χ0v) is 19.7. The maximum Gasteiger partial charge on any atom is 0.261 e. The van der Waals surface area contributed by atoms with Crippen LogP contribution >= 0.6 is 11.6 Å². The maximum atomic E-state index is 12.7. The largest absolute Gasteiger partial charge is 0.325 e. The van der Waals surface area contributed by atoms with Crippen molar-refractivity contribution in [2.75, 3.05) is 18.4 Å². The zero-order chi connectivity index (χ0) is 23.5. The van der Waals surface area contributed by atoms with Crippen molar-refractivity contribution in [3.8, 4) is 0 Å². The van der Waals surface area contributed by atoms with Crippen molar-refractivity contribution in [1.29, 1.82) is 0 Å². The first-order chi connectivity index (χ1) is 15.2. The zero-order valence-electron chi connectivity index (χ0n) is 18.1. The highest BCUT2D eigenvalue weighted by Gasteiger charge is 2.22. The number of fused-ring (bicyclic) bond motifs is 1. The monoisotopic (exact) mass is 476 g/mol. The average Bonchev–Trinajstić information content (AvgIpc) is 2.76. The molecule has 0 aliphatic rings. The van der Waals surface area contributed by atoms with E-state index in [2.05, 4.69) is 10.3 Å². The standard InChI is InChI=1S/C22H25ClN4O4S/c1-4-27(5-2)32(30,31)16-9-10-18(23)19(13-16)25-20(28)11-12-26-14-24-21-15(3)7-6-8-17(21)22(26)29/h6-10,13-14H,4-5,11-12H2,1-3H3,(H,25,28). The van der Waals surface area contributed by atoms with Gasteiger partial charge >= 0.3 is 0 Å². The molecule has 0 radical (unpaired) electrons. The van der Waals surface area contributed by atoms with Gasteiger partial charge in [-0.2, -0.15) is 4.31 Å². The molecule has 0 aliphatic carbocycles. The third-order valence-electron chi connectivity index (χ3n) is 5.19. The van der Waals surface area contributed by atoms with E-state index in [1.807, 2.05) is 13.0 Å². The molecule has 0 aliphatic heterocycles. The molecule has 1 aromatic heterocycles. The van der Waals surface area contributed by atoms with Gasteiger partial charge in [0.25, 0.3) is 5.56 Å². The number of aromatic nitrogens is 2. The Hall–Kier alpha value is -2.75. The summed E-state index contributed by atoms with van der Waals surface area (Å²) in [6.45, 7) is 6.17. The first-order valence-electron chi connectivity index (χ1n) is 10.2. The maximum absolute atomic E-state index is 12.7. The van der Waals surface area contributed by atoms with Crippen LogP contribution in [0, 0.1) is 6.92 Å². The Morgan fingerprint density at radius 1 is 1.19 bits per heavy atom. The van der Waals surface area contributed by atoms with Gasteiger partial charge in [0.05, 0.1) is 32.8 Å². The molecule has 0 fully saturated rings. The Morgan fingerprint density at radius 2 is 1.91 bits per heavy atom. The molecule has 0 saturated heterocycles. The Balaban J connectivity index is 1.76. The van der Waals surface area contributed by atoms with Gasteiger partial charge in [-0.1, -0.05) is 37.6 Å². The summed E-state index contributed by atoms with van der Waals surface area (Å²) in [5, 5.41) is 3.35. The molecule has 0 unspecified atom stereocenters. The van der Waals surface area contributed by atoms with Gasteiger partial charge in [0.2, 0.25) is 15.9 Å². The van der Waals surface area contributed by atoms with Gasteiger partial charge in [-0.3, -0.25) is 14.2 Å². The minimum atomic E-state index is -3.69. The molecule has 10 heteroatoms. The van der Waals surface area contributed by atoms with Gasteiger partial charge in [0.15, 0.2) is 0 Å². The summed E-state index contributed by atoms with van der Waals surface area (Å²) in [5.41, 5.74) is 1.51. The van der Waals surface area contributed by atoms with E-state index in [0.717, 1.165) is 5.56 Å². The Kier molecular flexibility index (Phi) is 7.33. The fourth-order valence-electron chi connectivity index (χ4n) is 3.40. The molecule has 170 valence electrons. The van der Waals surface area contributed by atoms with E-state index in [0.29, 0.717) is 24.0 Å². The highest BCUT2D eigenvalue weighted by molar-refractivity contribution is 7.89. The number of hydrogen-bond donors (Lipinski definition) is 1. The van der Waals surface area contributed by atoms with Crippen LogP contribution in [0.25, 0.3) is 10.9 Å². The van der Waals surface area contributed by atoms with E-state index in [4.69, 9.17) is 11.6 Å². The first-order valence-corrected chi connectivity index (χ1v) is 12.0. The molecule has 0 saturated carbocycles. The van der Waals surface area contributed by atoms with Crippen molar-refractivity contribution in [2.24, 2.45) is 0 Å². The lowest BCUT2D eigenvalue weighted by Crippen LogP contribution is -2.30. The van der Waals surface area contributed by atoms with Crippen molar-refractivity contribution in [2.45, 2.75) is 38.6 Å². The van der Waals surface area contributed by atoms with E-state index in [1.54, 1.807) is 26.0 Å². The molecule has 2 aromatic carbocycles. The van der Waals surface area contributed by atoms with Crippen LogP contribution in [-0.4, -0.2) is 41.3 Å². The van der Waals surface area contributed by atoms with Crippen molar-refractivity contribution in [1.82, 2.24) is 13.9 Å². The molecular formula is C22H25ClN4O4S. The lowest BCUT2D eigenvalue weighted by molar-refractivity contribution is -0.116. The van der Waals surface area contributed by atoms with Crippen LogP contribution in [0.3, 0.4) is 0 Å². The third-order valence-corrected chi connectivity index (χ3v) is 7.57. The number of hydrogen-bond acceptors (Lipinski definition) is 5. The summed E-state index contributed by atoms with van der Waals surface area (Å²) in [6, 6.07) is 9.57. The number of amides is 1. The Morgan fingerprint density at radius 3 is 2.59 bits per heavy atom. The smallest absolute Gasteiger partial charge is 0.261 e. The lowest BCUT2D eigenvalue weighted by atomic mass is 10.1. The van der Waals surface area contributed by atoms with Crippen LogP contribution in [-0.2, 0) is 21.4 Å². The minimum absolute atomic E-state index is 0.0116. The summed E-state index contributed by atoms with van der Waals surface area (Å²) >= 11 is 6.17. The molecule has 1 heterocycles. The van der Waals surface area contributed by atoms with Crippen LogP contribution in [0.2, 0.25) is 5.02 Å². The number of nitrogens with one attached hydrogen (secondary N) is 1. The Labute approximate surface area is 191 Å². The Bertz CT molecular complexity index is 1320. The van der Waals surface area contributed by atoms with Crippen LogP contribution in [0.15, 0.2) is 52.4 Å². The number of carbonyl (C=O) groups is 1. The second-order valence-corrected chi connectivity index (χ2v) is 9.59. The van der Waals surface area contributed by atoms with Crippen molar-refractivity contribution < 1.29 is 13.2 Å². The van der Waals surface area contributed by atoms with Crippen LogP contribution in [0.5, 0.6) is 0 Å². The summed E-state index contributed by atoms with van der Waals surface area (Å²) in [5.74, 6) is -0.402. The third kappa shape index (κ3) is 4.85. The summed E-state index contributed by atoms with van der Waals surface area (Å²) in [4.78, 5) is 29.6. The molecule has 1 N–H and O–H groups in total. The number of para-hydroxylation sites is 1. The van der Waals surface area contributed by atoms with E-state index in [9.17, 15) is 18.0 Å². The number of sulfonamides is 1. The van der Waals surface area contributed by atoms with E-state index >= 15 is 0 Å². The second kappa shape index (κ2) is 9.81. The van der Waals surface area contributed by atoms with E-state index in [-0.39, 0.29) is 34.1 Å². The lowest BCUT2D eigenvalue weighted by Gasteiger charge is -2.19. The van der Waals surface area contributed by atoms with Crippen molar-refractivity contribution in [3.63, 3.8) is 0 Å². The molecule has 32 heavy (non-hydrogen) atoms. The highest BCUT2D eigenvalue weighted by Crippen LogP contribution is 2.27. The molecule has 8 nitrogen and oxygen atoms in total. The second-order valence-electron chi connectivity index (χ2n) is 7.24. The number of carbonyl (C=O) groups excluding carboxylic acids is 1. The molecule has 3 aromatic rings. The van der Waals surface area contributed by atoms with Crippen molar-refractivity contribution >= 4 is 44.1 Å². The van der Waals surface area contributed by atoms with E-state index in [1.165, 1.54) is 33.4 Å². The molecular weight excluding hydrogens is 452 g/mol. The van der Waals surface area contributed by atoms with Gasteiger partial charge in [0, 0.05) is 26.1 Å². The highest BCUT2D eigenvalue weighted by atomic mass is 35.5. The number of halogens is 1. The van der Waals surface area contributed by atoms with Gasteiger partial charge in [-0.05, 0) is 36.8 Å². The summed E-state index contributed by atoms with van der Waals surface area (Å²) in [6.07, 6.45) is 1.41. The number of aryl methyl sites for hydroxylation is 2. The number of anilines is 1. The van der Waals surface area contributed by atoms with Gasteiger partial charge in [-0.25, -0.2) is 13.4 Å². The topological polar surface area (TPSA) is 101 Å². The number of benzene rings is 2. The predicted molar refractivity (Wildman–Crippen MR) is 126 cm³/mol. The van der Waals surface area contributed by atoms with Crippen LogP contribution in [0.4, 0.5) is 5.69 Å². The normalized spacial score (nSPS) is 11.8.